The molecule has 0 aliphatic carbocycles. The SMILES string of the molecule is O=[C]Cc1ncsn1. The molecule has 0 unspecified atom stereocenters. The number of hydrogen-bond acceptors (Lipinski definition) is 4. The Kier molecular flexibility index (Phi) is 1.69. The summed E-state index contributed by atoms with van der Waals surface area (Å²) < 4.78 is 3.77. The molecule has 0 N–H and O–H groups in total. The van der Waals surface area contributed by atoms with Crippen molar-refractivity contribution in [1.29, 1.82) is 0 Å². The van der Waals surface area contributed by atoms with Gasteiger partial charge in [-0.25, -0.2) is 4.98 Å². The average Bonchev–Trinajstić information content (AvgIpc) is 2.19. The first-order chi connectivity index (χ1) is 3.93. The highest BCUT2D eigenvalue weighted by Crippen LogP contribution is 1.91. The number of rotatable bonds is 2. The smallest absolute Gasteiger partial charge is 0.206 e. The van der Waals surface area contributed by atoms with Gasteiger partial charge in [0, 0.05) is 0 Å². The van der Waals surface area contributed by atoms with Crippen LogP contribution in [0.4, 0.5) is 0 Å². The van der Waals surface area contributed by atoms with E-state index < -0.39 is 0 Å². The van der Waals surface area contributed by atoms with Crippen LogP contribution in [0.1, 0.15) is 5.82 Å². The van der Waals surface area contributed by atoms with Crippen molar-refractivity contribution in [2.24, 2.45) is 0 Å². The van der Waals surface area contributed by atoms with Crippen LogP contribution in [0.15, 0.2) is 5.51 Å². The third-order valence-electron chi connectivity index (χ3n) is 0.637. The van der Waals surface area contributed by atoms with E-state index in [4.69, 9.17) is 0 Å². The van der Waals surface area contributed by atoms with Crippen molar-refractivity contribution < 1.29 is 4.79 Å². The van der Waals surface area contributed by atoms with Crippen LogP contribution in [-0.4, -0.2) is 15.6 Å². The van der Waals surface area contributed by atoms with Crippen LogP contribution in [0, 0.1) is 0 Å². The van der Waals surface area contributed by atoms with Crippen LogP contribution in [0.3, 0.4) is 0 Å². The summed E-state index contributed by atoms with van der Waals surface area (Å²) in [5, 5.41) is 0. The largest absolute Gasteiger partial charge is 0.290 e. The molecule has 1 heterocycles. The lowest BCUT2D eigenvalue weighted by molar-refractivity contribution is 0.554. The number of nitrogens with zero attached hydrogens (tertiary/aromatic N) is 2. The summed E-state index contributed by atoms with van der Waals surface area (Å²) in [5.41, 5.74) is 1.59. The quantitative estimate of drug-likeness (QED) is 0.569. The minimum Gasteiger partial charge on any atom is -0.290 e. The molecule has 4 heteroatoms. The predicted octanol–water partition coefficient (Wildman–Crippen LogP) is 0.190. The molecular formula is C4H3N2OS. The van der Waals surface area contributed by atoms with E-state index in [0.29, 0.717) is 5.82 Å². The van der Waals surface area contributed by atoms with E-state index in [1.54, 1.807) is 11.8 Å². The van der Waals surface area contributed by atoms with Gasteiger partial charge < -0.3 is 0 Å². The summed E-state index contributed by atoms with van der Waals surface area (Å²) in [7, 11) is 0. The molecule has 0 aliphatic rings. The molecule has 8 heavy (non-hydrogen) atoms. The first-order valence-electron chi connectivity index (χ1n) is 2.03. The molecule has 1 radical (unpaired) electrons. The van der Waals surface area contributed by atoms with E-state index in [1.807, 2.05) is 0 Å². The van der Waals surface area contributed by atoms with Crippen molar-refractivity contribution in [3.05, 3.63) is 11.3 Å². The maximum absolute atomic E-state index is 9.67. The number of aromatic nitrogens is 2. The van der Waals surface area contributed by atoms with Crippen LogP contribution in [0.2, 0.25) is 0 Å². The Morgan fingerprint density at radius 2 is 2.75 bits per heavy atom. The standard InChI is InChI=1S/C4H3N2OS/c7-2-1-4-5-3-8-6-4/h3H,1H2. The third kappa shape index (κ3) is 1.10. The first kappa shape index (κ1) is 5.37. The van der Waals surface area contributed by atoms with E-state index in [2.05, 4.69) is 9.36 Å². The molecule has 0 saturated carbocycles. The van der Waals surface area contributed by atoms with Crippen LogP contribution >= 0.6 is 11.5 Å². The van der Waals surface area contributed by atoms with Crippen molar-refractivity contribution in [3.8, 4) is 0 Å². The fraction of sp³-hybridized carbons (Fsp3) is 0.250. The van der Waals surface area contributed by atoms with Crippen molar-refractivity contribution in [3.63, 3.8) is 0 Å². The van der Waals surface area contributed by atoms with Gasteiger partial charge in [-0.1, -0.05) is 0 Å². The summed E-state index contributed by atoms with van der Waals surface area (Å²) in [4.78, 5) is 13.4. The van der Waals surface area contributed by atoms with Gasteiger partial charge in [-0.05, 0) is 11.5 Å². The maximum atomic E-state index is 9.67. The third-order valence-corrected chi connectivity index (χ3v) is 1.15. The lowest BCUT2D eigenvalue weighted by Crippen LogP contribution is -1.85. The van der Waals surface area contributed by atoms with Gasteiger partial charge in [0.25, 0.3) is 0 Å². The molecule has 3 nitrogen and oxygen atoms in total. The van der Waals surface area contributed by atoms with Gasteiger partial charge in [0.2, 0.25) is 6.29 Å². The second-order valence-corrected chi connectivity index (χ2v) is 1.77. The van der Waals surface area contributed by atoms with Gasteiger partial charge in [0.05, 0.1) is 6.42 Å². The zero-order valence-electron chi connectivity index (χ0n) is 4.00. The summed E-state index contributed by atoms with van der Waals surface area (Å²) in [6.07, 6.45) is 1.91. The van der Waals surface area contributed by atoms with Crippen LogP contribution < -0.4 is 0 Å². The van der Waals surface area contributed by atoms with Gasteiger partial charge in [-0.2, -0.15) is 4.37 Å². The van der Waals surface area contributed by atoms with Crippen LogP contribution in [-0.2, 0) is 11.2 Å². The van der Waals surface area contributed by atoms with Crippen LogP contribution in [0.5, 0.6) is 0 Å². The van der Waals surface area contributed by atoms with Crippen molar-refractivity contribution in [1.82, 2.24) is 9.36 Å². The Morgan fingerprint density at radius 3 is 3.25 bits per heavy atom. The minimum atomic E-state index is 0.212. The van der Waals surface area contributed by atoms with E-state index in [0.717, 1.165) is 0 Å². The number of carbonyl (C=O) groups excluding carboxylic acids is 1. The van der Waals surface area contributed by atoms with E-state index in [1.165, 1.54) is 11.5 Å². The predicted molar refractivity (Wildman–Crippen MR) is 29.3 cm³/mol. The molecule has 0 aliphatic heterocycles. The lowest BCUT2D eigenvalue weighted by atomic mass is 10.5. The highest BCUT2D eigenvalue weighted by molar-refractivity contribution is 7.03. The molecule has 1 aromatic heterocycles. The van der Waals surface area contributed by atoms with Gasteiger partial charge >= 0.3 is 0 Å². The zero-order valence-corrected chi connectivity index (χ0v) is 4.81. The molecule has 0 aromatic carbocycles. The zero-order chi connectivity index (χ0) is 5.82. The minimum absolute atomic E-state index is 0.212. The molecule has 0 fully saturated rings. The Hall–Kier alpha value is -0.770. The number of hydrogen-bond donors (Lipinski definition) is 0. The second kappa shape index (κ2) is 2.52. The van der Waals surface area contributed by atoms with Gasteiger partial charge in [0.15, 0.2) is 0 Å². The highest BCUT2D eigenvalue weighted by atomic mass is 32.1. The molecule has 0 amide bonds. The van der Waals surface area contributed by atoms with Crippen LogP contribution in [0.25, 0.3) is 0 Å². The van der Waals surface area contributed by atoms with Crippen molar-refractivity contribution in [2.45, 2.75) is 6.42 Å². The molecule has 0 saturated heterocycles. The summed E-state index contributed by atoms with van der Waals surface area (Å²) >= 11 is 1.24. The Morgan fingerprint density at radius 1 is 1.88 bits per heavy atom. The highest BCUT2D eigenvalue weighted by Gasteiger charge is 1.92. The van der Waals surface area contributed by atoms with Crippen molar-refractivity contribution in [2.75, 3.05) is 0 Å². The fourth-order valence-corrected chi connectivity index (χ4v) is 0.784. The molecule has 41 valence electrons. The Balaban J connectivity index is 2.62. The topological polar surface area (TPSA) is 42.9 Å². The molecular weight excluding hydrogens is 124 g/mol. The monoisotopic (exact) mass is 127 g/mol. The molecule has 0 atom stereocenters. The molecule has 0 bridgehead atoms. The summed E-state index contributed by atoms with van der Waals surface area (Å²) in [6, 6.07) is 0. The normalized spacial score (nSPS) is 9.00. The Labute approximate surface area is 50.5 Å². The molecule has 0 spiro atoms. The van der Waals surface area contributed by atoms with E-state index >= 15 is 0 Å². The summed E-state index contributed by atoms with van der Waals surface area (Å²) in [5.74, 6) is 0.560. The van der Waals surface area contributed by atoms with Crippen molar-refractivity contribution >= 4 is 17.8 Å². The molecule has 1 aromatic rings. The Bertz CT molecular complexity index is 161. The van der Waals surface area contributed by atoms with Gasteiger partial charge in [0.1, 0.15) is 11.3 Å². The fourth-order valence-electron chi connectivity index (χ4n) is 0.335. The van der Waals surface area contributed by atoms with E-state index in [9.17, 15) is 4.79 Å². The van der Waals surface area contributed by atoms with Gasteiger partial charge in [-0.15, -0.1) is 0 Å². The summed E-state index contributed by atoms with van der Waals surface area (Å²) in [6.45, 7) is 0. The first-order valence-corrected chi connectivity index (χ1v) is 2.87. The van der Waals surface area contributed by atoms with E-state index in [-0.39, 0.29) is 6.42 Å². The average molecular weight is 127 g/mol. The molecule has 1 rings (SSSR count). The second-order valence-electron chi connectivity index (χ2n) is 1.17. The van der Waals surface area contributed by atoms with Gasteiger partial charge in [-0.3, -0.25) is 4.79 Å². The lowest BCUT2D eigenvalue weighted by Gasteiger charge is -1.74. The maximum Gasteiger partial charge on any atom is 0.206 e.